The largest absolute Gasteiger partial charge is 0.483 e. The SMILES string of the molecule is CC(C)(C)c1ccc(OCC(=O)NNC(=O)COc2cccc3ccccc23)c(Br)c1. The molecule has 0 heterocycles. The van der Waals surface area contributed by atoms with Crippen molar-refractivity contribution in [2.75, 3.05) is 13.2 Å². The zero-order chi connectivity index (χ0) is 22.4. The minimum atomic E-state index is -0.481. The van der Waals surface area contributed by atoms with E-state index < -0.39 is 11.8 Å². The molecule has 0 atom stereocenters. The molecular weight excluding hydrogens is 460 g/mol. The van der Waals surface area contributed by atoms with Gasteiger partial charge in [0.05, 0.1) is 4.47 Å². The van der Waals surface area contributed by atoms with Crippen LogP contribution in [0.2, 0.25) is 0 Å². The van der Waals surface area contributed by atoms with Crippen molar-refractivity contribution in [1.29, 1.82) is 0 Å². The first-order chi connectivity index (χ1) is 14.7. The smallest absolute Gasteiger partial charge is 0.276 e. The molecule has 2 amide bonds. The summed E-state index contributed by atoms with van der Waals surface area (Å²) in [5, 5.41) is 1.94. The maximum atomic E-state index is 12.0. The Balaban J connectivity index is 1.45. The third kappa shape index (κ3) is 6.21. The van der Waals surface area contributed by atoms with Crippen LogP contribution in [0.1, 0.15) is 26.3 Å². The van der Waals surface area contributed by atoms with Gasteiger partial charge < -0.3 is 9.47 Å². The second-order valence-electron chi connectivity index (χ2n) is 8.05. The van der Waals surface area contributed by atoms with E-state index in [0.29, 0.717) is 11.5 Å². The van der Waals surface area contributed by atoms with Crippen molar-refractivity contribution < 1.29 is 19.1 Å². The van der Waals surface area contributed by atoms with Crippen LogP contribution in [-0.4, -0.2) is 25.0 Å². The molecule has 3 rings (SSSR count). The molecular formula is C24H25BrN2O4. The number of hydrazine groups is 1. The van der Waals surface area contributed by atoms with Crippen molar-refractivity contribution in [3.63, 3.8) is 0 Å². The Morgan fingerprint density at radius 3 is 2.10 bits per heavy atom. The zero-order valence-electron chi connectivity index (χ0n) is 17.7. The Hall–Kier alpha value is -3.06. The van der Waals surface area contributed by atoms with E-state index >= 15 is 0 Å². The molecule has 31 heavy (non-hydrogen) atoms. The lowest BCUT2D eigenvalue weighted by Gasteiger charge is -2.20. The number of hydrogen-bond donors (Lipinski definition) is 2. The van der Waals surface area contributed by atoms with Crippen molar-refractivity contribution in [3.05, 3.63) is 70.7 Å². The number of fused-ring (bicyclic) bond motifs is 1. The summed E-state index contributed by atoms with van der Waals surface area (Å²) in [6.45, 7) is 5.90. The quantitative estimate of drug-likeness (QED) is 0.504. The van der Waals surface area contributed by atoms with Crippen LogP contribution in [0.3, 0.4) is 0 Å². The van der Waals surface area contributed by atoms with E-state index in [-0.39, 0.29) is 18.6 Å². The van der Waals surface area contributed by atoms with E-state index in [1.807, 2.05) is 54.6 Å². The molecule has 6 nitrogen and oxygen atoms in total. The molecule has 0 saturated carbocycles. The number of hydrogen-bond acceptors (Lipinski definition) is 4. The fourth-order valence-electron chi connectivity index (χ4n) is 2.90. The van der Waals surface area contributed by atoms with Crippen LogP contribution >= 0.6 is 15.9 Å². The summed E-state index contributed by atoms with van der Waals surface area (Å²) >= 11 is 3.47. The molecule has 0 aliphatic carbocycles. The third-order valence-electron chi connectivity index (χ3n) is 4.61. The Labute approximate surface area is 190 Å². The zero-order valence-corrected chi connectivity index (χ0v) is 19.3. The summed E-state index contributed by atoms with van der Waals surface area (Å²) in [5.41, 5.74) is 5.81. The van der Waals surface area contributed by atoms with Gasteiger partial charge in [0.15, 0.2) is 13.2 Å². The Bertz CT molecular complexity index is 1090. The molecule has 3 aromatic carbocycles. The molecule has 0 bridgehead atoms. The second-order valence-corrected chi connectivity index (χ2v) is 8.90. The monoisotopic (exact) mass is 484 g/mol. The number of rotatable bonds is 6. The molecule has 162 valence electrons. The number of halogens is 1. The minimum Gasteiger partial charge on any atom is -0.483 e. The molecule has 0 radical (unpaired) electrons. The van der Waals surface area contributed by atoms with Crippen molar-refractivity contribution in [2.24, 2.45) is 0 Å². The molecule has 0 aliphatic rings. The number of ether oxygens (including phenoxy) is 2. The first kappa shape index (κ1) is 22.6. The van der Waals surface area contributed by atoms with Gasteiger partial charge in [0.1, 0.15) is 11.5 Å². The summed E-state index contributed by atoms with van der Waals surface area (Å²) in [5.74, 6) is 0.197. The van der Waals surface area contributed by atoms with E-state index in [4.69, 9.17) is 9.47 Å². The van der Waals surface area contributed by atoms with Gasteiger partial charge in [-0.15, -0.1) is 0 Å². The van der Waals surface area contributed by atoms with E-state index in [9.17, 15) is 9.59 Å². The normalized spacial score (nSPS) is 11.1. The summed E-state index contributed by atoms with van der Waals surface area (Å²) in [4.78, 5) is 24.0. The average Bonchev–Trinajstić information content (AvgIpc) is 2.74. The third-order valence-corrected chi connectivity index (χ3v) is 5.23. The highest BCUT2D eigenvalue weighted by molar-refractivity contribution is 9.10. The molecule has 7 heteroatoms. The van der Waals surface area contributed by atoms with Crippen molar-refractivity contribution >= 4 is 38.5 Å². The van der Waals surface area contributed by atoms with Crippen molar-refractivity contribution in [2.45, 2.75) is 26.2 Å². The number of amides is 2. The molecule has 2 N–H and O–H groups in total. The lowest BCUT2D eigenvalue weighted by molar-refractivity contribution is -0.130. The molecule has 0 fully saturated rings. The summed E-state index contributed by atoms with van der Waals surface area (Å²) < 4.78 is 11.9. The van der Waals surface area contributed by atoms with E-state index in [0.717, 1.165) is 20.8 Å². The van der Waals surface area contributed by atoms with Gasteiger partial charge in [-0.05, 0) is 50.5 Å². The van der Waals surface area contributed by atoms with Gasteiger partial charge in [0.2, 0.25) is 0 Å². The number of benzene rings is 3. The van der Waals surface area contributed by atoms with Crippen molar-refractivity contribution in [1.82, 2.24) is 10.9 Å². The summed E-state index contributed by atoms with van der Waals surface area (Å²) in [6.07, 6.45) is 0. The fraction of sp³-hybridized carbons (Fsp3) is 0.250. The van der Waals surface area contributed by atoms with Crippen LogP contribution in [0.5, 0.6) is 11.5 Å². The Kier molecular flexibility index (Phi) is 7.17. The molecule has 0 spiro atoms. The molecule has 0 aliphatic heterocycles. The van der Waals surface area contributed by atoms with Gasteiger partial charge in [-0.1, -0.05) is 63.2 Å². The Morgan fingerprint density at radius 2 is 1.45 bits per heavy atom. The first-order valence-corrected chi connectivity index (χ1v) is 10.6. The lowest BCUT2D eigenvalue weighted by atomic mass is 9.87. The predicted octanol–water partition coefficient (Wildman–Crippen LogP) is 4.51. The summed E-state index contributed by atoms with van der Waals surface area (Å²) in [7, 11) is 0. The van der Waals surface area contributed by atoms with Gasteiger partial charge in [0.25, 0.3) is 11.8 Å². The predicted molar refractivity (Wildman–Crippen MR) is 124 cm³/mol. The highest BCUT2D eigenvalue weighted by atomic mass is 79.9. The standard InChI is InChI=1S/C24H25BrN2O4/c1-24(2,3)17-11-12-21(19(25)13-17)31-15-23(29)27-26-22(28)14-30-20-10-6-8-16-7-4-5-9-18(16)20/h4-13H,14-15H2,1-3H3,(H,26,28)(H,27,29). The van der Waals surface area contributed by atoms with Gasteiger partial charge in [-0.25, -0.2) is 0 Å². The van der Waals surface area contributed by atoms with Crippen LogP contribution in [0, 0.1) is 0 Å². The highest BCUT2D eigenvalue weighted by Gasteiger charge is 2.16. The second kappa shape index (κ2) is 9.83. The van der Waals surface area contributed by atoms with Gasteiger partial charge in [0, 0.05) is 5.39 Å². The lowest BCUT2D eigenvalue weighted by Crippen LogP contribution is -2.45. The fourth-order valence-corrected chi connectivity index (χ4v) is 3.40. The number of carbonyl (C=O) groups excluding carboxylic acids is 2. The molecule has 0 saturated heterocycles. The Morgan fingerprint density at radius 1 is 0.839 bits per heavy atom. The maximum absolute atomic E-state index is 12.0. The number of carbonyl (C=O) groups is 2. The highest BCUT2D eigenvalue weighted by Crippen LogP contribution is 2.31. The van der Waals surface area contributed by atoms with Crippen LogP contribution in [-0.2, 0) is 15.0 Å². The number of nitrogens with one attached hydrogen (secondary N) is 2. The van der Waals surface area contributed by atoms with Crippen molar-refractivity contribution in [3.8, 4) is 11.5 Å². The van der Waals surface area contributed by atoms with E-state index in [1.165, 1.54) is 0 Å². The van der Waals surface area contributed by atoms with Gasteiger partial charge in [-0.2, -0.15) is 0 Å². The van der Waals surface area contributed by atoms with Crippen LogP contribution in [0.25, 0.3) is 10.8 Å². The van der Waals surface area contributed by atoms with Crippen LogP contribution in [0.15, 0.2) is 65.1 Å². The van der Waals surface area contributed by atoms with Crippen LogP contribution < -0.4 is 20.3 Å². The van der Waals surface area contributed by atoms with E-state index in [1.54, 1.807) is 6.07 Å². The van der Waals surface area contributed by atoms with Gasteiger partial charge in [-0.3, -0.25) is 20.4 Å². The molecule has 0 aromatic heterocycles. The molecule has 3 aromatic rings. The maximum Gasteiger partial charge on any atom is 0.276 e. The first-order valence-electron chi connectivity index (χ1n) is 9.85. The van der Waals surface area contributed by atoms with Gasteiger partial charge >= 0.3 is 0 Å². The minimum absolute atomic E-state index is 0.0107. The molecule has 0 unspecified atom stereocenters. The summed E-state index contributed by atoms with van der Waals surface area (Å²) in [6, 6.07) is 19.1. The average molecular weight is 485 g/mol. The van der Waals surface area contributed by atoms with E-state index in [2.05, 4.69) is 47.6 Å². The van der Waals surface area contributed by atoms with Crippen LogP contribution in [0.4, 0.5) is 0 Å². The topological polar surface area (TPSA) is 76.7 Å².